The van der Waals surface area contributed by atoms with Crippen LogP contribution in [0.5, 0.6) is 0 Å². The van der Waals surface area contributed by atoms with Gasteiger partial charge in [-0.1, -0.05) is 0 Å². The van der Waals surface area contributed by atoms with E-state index in [2.05, 4.69) is 4.74 Å². The second-order valence-electron chi connectivity index (χ2n) is 4.25. The molecule has 0 saturated heterocycles. The summed E-state index contributed by atoms with van der Waals surface area (Å²) in [5.74, 6) is -2.41. The van der Waals surface area contributed by atoms with Gasteiger partial charge in [-0.15, -0.1) is 0 Å². The number of nitrogens with zero attached hydrogens (tertiary/aromatic N) is 1. The van der Waals surface area contributed by atoms with Crippen molar-refractivity contribution in [1.29, 1.82) is 0 Å². The fraction of sp³-hybridized carbons (Fsp3) is 0.800. The monoisotopic (exact) mass is 304 g/mol. The quantitative estimate of drug-likeness (QED) is 0.218. The van der Waals surface area contributed by atoms with Crippen molar-refractivity contribution in [3.05, 3.63) is 0 Å². The first kappa shape index (κ1) is 22.0. The minimum atomic E-state index is -2.25. The number of carboxylic acid groups (broad SMARTS) is 1. The van der Waals surface area contributed by atoms with Crippen molar-refractivity contribution in [2.24, 2.45) is 0 Å². The molecule has 0 radical (unpaired) electrons. The Bertz CT molecular complexity index is 314. The first-order valence-electron chi connectivity index (χ1n) is 5.42. The maximum absolute atomic E-state index is 11.1. The Morgan fingerprint density at radius 2 is 1.60 bits per heavy atom. The summed E-state index contributed by atoms with van der Waals surface area (Å²) < 4.78 is 4.60. The molecule has 10 heteroatoms. The Morgan fingerprint density at radius 1 is 1.10 bits per heavy atom. The molecular formula is C10H19NNaO8+. The predicted octanol–water partition coefficient (Wildman–Crippen LogP) is -6.38. The van der Waals surface area contributed by atoms with E-state index in [1.165, 1.54) is 4.90 Å². The third kappa shape index (κ3) is 8.12. The van der Waals surface area contributed by atoms with Gasteiger partial charge in [0.2, 0.25) is 0 Å². The summed E-state index contributed by atoms with van der Waals surface area (Å²) in [6, 6.07) is 0. The molecule has 9 nitrogen and oxygen atoms in total. The van der Waals surface area contributed by atoms with E-state index in [-0.39, 0.29) is 36.1 Å². The third-order valence-electron chi connectivity index (χ3n) is 2.18. The van der Waals surface area contributed by atoms with Crippen molar-refractivity contribution in [2.75, 3.05) is 27.2 Å². The summed E-state index contributed by atoms with van der Waals surface area (Å²) in [6.07, 6.45) is -8.02. The molecule has 0 heterocycles. The van der Waals surface area contributed by atoms with Crippen molar-refractivity contribution >= 4 is 11.9 Å². The van der Waals surface area contributed by atoms with Crippen LogP contribution in [0.15, 0.2) is 0 Å². The number of ether oxygens (including phenoxy) is 1. The number of aliphatic hydroxyl groups is 4. The third-order valence-corrected chi connectivity index (χ3v) is 2.18. The van der Waals surface area contributed by atoms with E-state index in [1.54, 1.807) is 14.1 Å². The first-order valence-corrected chi connectivity index (χ1v) is 5.42. The van der Waals surface area contributed by atoms with Crippen LogP contribution in [0.1, 0.15) is 0 Å². The largest absolute Gasteiger partial charge is 1.00 e. The Morgan fingerprint density at radius 3 is 2.00 bits per heavy atom. The Kier molecular flexibility index (Phi) is 11.5. The van der Waals surface area contributed by atoms with Gasteiger partial charge in [0.15, 0.2) is 6.10 Å². The van der Waals surface area contributed by atoms with Crippen LogP contribution in [-0.2, 0) is 14.3 Å². The van der Waals surface area contributed by atoms with E-state index in [0.717, 1.165) is 0 Å². The summed E-state index contributed by atoms with van der Waals surface area (Å²) in [7, 11) is 3.25. The van der Waals surface area contributed by atoms with E-state index >= 15 is 0 Å². The molecule has 20 heavy (non-hydrogen) atoms. The number of carbonyl (C=O) groups excluding carboxylic acids is 1. The fourth-order valence-corrected chi connectivity index (χ4v) is 1.14. The van der Waals surface area contributed by atoms with Crippen LogP contribution in [0.2, 0.25) is 0 Å². The molecule has 5 N–H and O–H groups in total. The summed E-state index contributed by atoms with van der Waals surface area (Å²) in [4.78, 5) is 23.0. The van der Waals surface area contributed by atoms with Crippen molar-refractivity contribution in [3.63, 3.8) is 0 Å². The zero-order chi connectivity index (χ0) is 15.2. The van der Waals surface area contributed by atoms with E-state index < -0.39 is 43.0 Å². The number of carboxylic acids is 1. The molecule has 0 amide bonds. The minimum absolute atomic E-state index is 0. The van der Waals surface area contributed by atoms with Crippen LogP contribution in [0, 0.1) is 0 Å². The molecule has 0 bridgehead atoms. The molecular weight excluding hydrogens is 285 g/mol. The number of rotatable bonds is 8. The molecule has 112 valence electrons. The molecule has 0 aromatic rings. The smallest absolute Gasteiger partial charge is 0.479 e. The number of hydrogen-bond acceptors (Lipinski definition) is 8. The summed E-state index contributed by atoms with van der Waals surface area (Å²) in [5, 5.41) is 45.4. The number of carbonyl (C=O) groups is 2. The summed E-state index contributed by atoms with van der Waals surface area (Å²) >= 11 is 0. The average molecular weight is 304 g/mol. The zero-order valence-electron chi connectivity index (χ0n) is 11.6. The van der Waals surface area contributed by atoms with Gasteiger partial charge in [-0.05, 0) is 14.1 Å². The van der Waals surface area contributed by atoms with Crippen LogP contribution >= 0.6 is 0 Å². The van der Waals surface area contributed by atoms with Gasteiger partial charge in [0.05, 0.1) is 6.54 Å². The van der Waals surface area contributed by atoms with E-state index in [9.17, 15) is 24.9 Å². The van der Waals surface area contributed by atoms with Crippen molar-refractivity contribution in [3.8, 4) is 0 Å². The van der Waals surface area contributed by atoms with Gasteiger partial charge >= 0.3 is 41.5 Å². The maximum atomic E-state index is 11.1. The SMILES string of the molecule is CN(C)CC(=O)OC[C@@H](O)[C@@H](O)[C@H](O)[C@@H](O)C(=O)O.[Na+]. The molecule has 0 aromatic carbocycles. The summed E-state index contributed by atoms with van der Waals surface area (Å²) in [6.45, 7) is -0.666. The molecule has 0 aliphatic heterocycles. The van der Waals surface area contributed by atoms with Crippen LogP contribution in [0.25, 0.3) is 0 Å². The zero-order valence-corrected chi connectivity index (χ0v) is 13.6. The molecule has 0 aromatic heterocycles. The van der Waals surface area contributed by atoms with Gasteiger partial charge in [-0.3, -0.25) is 9.69 Å². The standard InChI is InChI=1S/C10H19NO8.Na/c1-11(2)3-6(13)19-4-5(12)7(14)8(15)9(16)10(17)18;/h5,7-9,12,14-16H,3-4H2,1-2H3,(H,17,18);/q;+1/t5-,7-,8+,9-;/m1./s1. The van der Waals surface area contributed by atoms with E-state index in [1.807, 2.05) is 0 Å². The molecule has 4 atom stereocenters. The predicted molar refractivity (Wildman–Crippen MR) is 61.2 cm³/mol. The van der Waals surface area contributed by atoms with Crippen molar-refractivity contribution in [1.82, 2.24) is 4.90 Å². The van der Waals surface area contributed by atoms with Crippen molar-refractivity contribution < 1.29 is 69.4 Å². The second kappa shape index (κ2) is 10.5. The number of esters is 1. The molecule has 0 spiro atoms. The number of likely N-dealkylation sites (N-methyl/N-ethyl adjacent to an activating group) is 1. The van der Waals surface area contributed by atoms with Crippen LogP contribution in [0.4, 0.5) is 0 Å². The first-order chi connectivity index (χ1) is 8.66. The summed E-state index contributed by atoms with van der Waals surface area (Å²) in [5.41, 5.74) is 0. The van der Waals surface area contributed by atoms with Crippen LogP contribution in [-0.4, -0.2) is 94.0 Å². The molecule has 0 rings (SSSR count). The van der Waals surface area contributed by atoms with E-state index in [0.29, 0.717) is 0 Å². The van der Waals surface area contributed by atoms with Gasteiger partial charge in [-0.2, -0.15) is 0 Å². The maximum Gasteiger partial charge on any atom is 1.00 e. The topological polar surface area (TPSA) is 148 Å². The van der Waals surface area contributed by atoms with E-state index in [4.69, 9.17) is 10.2 Å². The van der Waals surface area contributed by atoms with Gasteiger partial charge in [0.1, 0.15) is 24.9 Å². The Balaban J connectivity index is 0. The number of aliphatic carboxylic acids is 1. The Labute approximate surface area is 138 Å². The molecule has 0 aliphatic rings. The van der Waals surface area contributed by atoms with Crippen LogP contribution < -0.4 is 29.6 Å². The van der Waals surface area contributed by atoms with Crippen molar-refractivity contribution in [2.45, 2.75) is 24.4 Å². The molecule has 0 fully saturated rings. The van der Waals surface area contributed by atoms with Gasteiger partial charge in [-0.25, -0.2) is 4.79 Å². The second-order valence-corrected chi connectivity index (χ2v) is 4.25. The van der Waals surface area contributed by atoms with Crippen LogP contribution in [0.3, 0.4) is 0 Å². The average Bonchev–Trinajstić information content (AvgIpc) is 2.32. The van der Waals surface area contributed by atoms with Gasteiger partial charge in [0.25, 0.3) is 0 Å². The molecule has 0 saturated carbocycles. The number of hydrogen-bond donors (Lipinski definition) is 5. The number of aliphatic hydroxyl groups excluding tert-OH is 4. The molecule has 0 unspecified atom stereocenters. The van der Waals surface area contributed by atoms with Gasteiger partial charge in [0, 0.05) is 0 Å². The normalized spacial score (nSPS) is 16.8. The Hall–Kier alpha value is -0.260. The fourth-order valence-electron chi connectivity index (χ4n) is 1.14. The minimum Gasteiger partial charge on any atom is -0.479 e. The van der Waals surface area contributed by atoms with Gasteiger partial charge < -0.3 is 30.3 Å². The molecule has 0 aliphatic carbocycles.